The van der Waals surface area contributed by atoms with Gasteiger partial charge in [0.1, 0.15) is 12.4 Å². The van der Waals surface area contributed by atoms with Crippen molar-refractivity contribution in [3.05, 3.63) is 54.1 Å². The number of thioether (sulfide) groups is 1. The number of para-hydroxylation sites is 1. The highest BCUT2D eigenvalue weighted by molar-refractivity contribution is 7.99. The summed E-state index contributed by atoms with van der Waals surface area (Å²) in [6.07, 6.45) is 0.776. The number of carbonyl (C=O) groups is 1. The lowest BCUT2D eigenvalue weighted by Crippen LogP contribution is -2.48. The fourth-order valence-electron chi connectivity index (χ4n) is 3.67. The molecule has 2 aliphatic rings. The molecule has 2 aromatic carbocycles. The van der Waals surface area contributed by atoms with Gasteiger partial charge < -0.3 is 24.2 Å². The van der Waals surface area contributed by atoms with Crippen molar-refractivity contribution in [2.24, 2.45) is 5.92 Å². The van der Waals surface area contributed by atoms with Crippen LogP contribution in [0, 0.1) is 5.92 Å². The Balaban J connectivity index is 1.24. The average Bonchev–Trinajstić information content (AvgIpc) is 2.77. The Morgan fingerprint density at radius 1 is 1.20 bits per heavy atom. The van der Waals surface area contributed by atoms with E-state index in [1.165, 1.54) is 17.5 Å². The molecule has 0 bridgehead atoms. The third-order valence-corrected chi connectivity index (χ3v) is 6.52. The maximum absolute atomic E-state index is 11.2. The van der Waals surface area contributed by atoms with E-state index >= 15 is 0 Å². The summed E-state index contributed by atoms with van der Waals surface area (Å²) < 4.78 is 16.8. The van der Waals surface area contributed by atoms with Gasteiger partial charge in [-0.15, -0.1) is 11.8 Å². The van der Waals surface area contributed by atoms with Crippen LogP contribution in [0.15, 0.2) is 53.4 Å². The monoisotopic (exact) mass is 429 g/mol. The zero-order valence-electron chi connectivity index (χ0n) is 17.1. The SMILES string of the molecule is CC1(C(=O)O)OCC(Cc2ccc(OCCN3CCSc4ccccc43)cc2)CO1. The maximum Gasteiger partial charge on any atom is 0.364 e. The molecule has 0 radical (unpaired) electrons. The second kappa shape index (κ2) is 9.29. The molecule has 1 N–H and O–H groups in total. The Hall–Kier alpha value is -2.22. The Morgan fingerprint density at radius 2 is 1.93 bits per heavy atom. The summed E-state index contributed by atoms with van der Waals surface area (Å²) in [6.45, 7) is 4.72. The first-order chi connectivity index (χ1) is 14.5. The molecule has 0 aromatic heterocycles. The third-order valence-electron chi connectivity index (χ3n) is 5.48. The number of hydrogen-bond donors (Lipinski definition) is 1. The summed E-state index contributed by atoms with van der Waals surface area (Å²) in [5.74, 6) is -0.517. The van der Waals surface area contributed by atoms with E-state index in [0.29, 0.717) is 19.8 Å². The molecule has 6 nitrogen and oxygen atoms in total. The molecule has 4 rings (SSSR count). The Kier molecular flexibility index (Phi) is 6.51. The van der Waals surface area contributed by atoms with Gasteiger partial charge in [0.2, 0.25) is 0 Å². The molecule has 2 aromatic rings. The van der Waals surface area contributed by atoms with Gasteiger partial charge in [0.15, 0.2) is 0 Å². The molecule has 2 aliphatic heterocycles. The number of anilines is 1. The van der Waals surface area contributed by atoms with Crippen molar-refractivity contribution in [1.29, 1.82) is 0 Å². The standard InChI is InChI=1S/C23H27NO5S/c1-23(22(25)26)28-15-18(16-29-23)14-17-6-8-19(9-7-17)27-12-10-24-11-13-30-21-5-3-2-4-20(21)24/h2-9,18H,10-16H2,1H3,(H,25,26). The Bertz CT molecular complexity index is 864. The van der Waals surface area contributed by atoms with E-state index in [2.05, 4.69) is 29.2 Å². The van der Waals surface area contributed by atoms with Crippen molar-refractivity contribution in [2.45, 2.75) is 24.0 Å². The second-order valence-corrected chi connectivity index (χ2v) is 8.88. The molecule has 0 amide bonds. The first kappa shape index (κ1) is 21.0. The van der Waals surface area contributed by atoms with Crippen LogP contribution in [0.2, 0.25) is 0 Å². The van der Waals surface area contributed by atoms with Crippen LogP contribution in [0.3, 0.4) is 0 Å². The molecule has 1 saturated heterocycles. The molecule has 160 valence electrons. The number of rotatable bonds is 7. The maximum atomic E-state index is 11.2. The highest BCUT2D eigenvalue weighted by Gasteiger charge is 2.40. The minimum atomic E-state index is -1.53. The van der Waals surface area contributed by atoms with Crippen LogP contribution in [0.1, 0.15) is 12.5 Å². The smallest absolute Gasteiger partial charge is 0.364 e. The fourth-order valence-corrected chi connectivity index (χ4v) is 4.72. The van der Waals surface area contributed by atoms with Crippen LogP contribution in [0.5, 0.6) is 5.75 Å². The average molecular weight is 430 g/mol. The predicted octanol–water partition coefficient (Wildman–Crippen LogP) is 3.68. The van der Waals surface area contributed by atoms with E-state index in [1.807, 2.05) is 36.0 Å². The molecular formula is C23H27NO5S. The van der Waals surface area contributed by atoms with Gasteiger partial charge >= 0.3 is 5.97 Å². The fraction of sp³-hybridized carbons (Fsp3) is 0.435. The van der Waals surface area contributed by atoms with Crippen LogP contribution in [-0.4, -0.2) is 55.5 Å². The van der Waals surface area contributed by atoms with Gasteiger partial charge in [-0.2, -0.15) is 0 Å². The van der Waals surface area contributed by atoms with Crippen molar-refractivity contribution in [2.75, 3.05) is 43.6 Å². The quantitative estimate of drug-likeness (QED) is 0.720. The van der Waals surface area contributed by atoms with E-state index in [-0.39, 0.29) is 5.92 Å². The molecule has 0 saturated carbocycles. The van der Waals surface area contributed by atoms with Crippen molar-refractivity contribution in [1.82, 2.24) is 0 Å². The highest BCUT2D eigenvalue weighted by atomic mass is 32.2. The molecule has 7 heteroatoms. The predicted molar refractivity (Wildman–Crippen MR) is 116 cm³/mol. The van der Waals surface area contributed by atoms with Gasteiger partial charge in [0.25, 0.3) is 5.79 Å². The molecule has 2 heterocycles. The van der Waals surface area contributed by atoms with Gasteiger partial charge in [-0.05, 0) is 36.2 Å². The van der Waals surface area contributed by atoms with Crippen LogP contribution in [0.4, 0.5) is 5.69 Å². The first-order valence-corrected chi connectivity index (χ1v) is 11.2. The molecular weight excluding hydrogens is 402 g/mol. The third kappa shape index (κ3) is 4.91. The van der Waals surface area contributed by atoms with E-state index in [9.17, 15) is 4.79 Å². The molecule has 0 unspecified atom stereocenters. The summed E-state index contributed by atoms with van der Waals surface area (Å²) in [6, 6.07) is 16.6. The normalized spacial score (nSPS) is 23.6. The molecule has 0 spiro atoms. The van der Waals surface area contributed by atoms with E-state index in [0.717, 1.165) is 36.6 Å². The van der Waals surface area contributed by atoms with Crippen molar-refractivity contribution in [3.63, 3.8) is 0 Å². The van der Waals surface area contributed by atoms with Crippen LogP contribution in [-0.2, 0) is 20.7 Å². The summed E-state index contributed by atoms with van der Waals surface area (Å²) in [4.78, 5) is 14.9. The van der Waals surface area contributed by atoms with Crippen molar-refractivity contribution >= 4 is 23.4 Å². The number of aliphatic carboxylic acids is 1. The number of ether oxygens (including phenoxy) is 3. The number of carboxylic acid groups (broad SMARTS) is 1. The summed E-state index contributed by atoms with van der Waals surface area (Å²) in [5.41, 5.74) is 2.45. The van der Waals surface area contributed by atoms with Crippen LogP contribution < -0.4 is 9.64 Å². The molecule has 1 fully saturated rings. The first-order valence-electron chi connectivity index (χ1n) is 10.2. The molecule has 30 heavy (non-hydrogen) atoms. The largest absolute Gasteiger partial charge is 0.492 e. The highest BCUT2D eigenvalue weighted by Crippen LogP contribution is 2.34. The number of fused-ring (bicyclic) bond motifs is 1. The van der Waals surface area contributed by atoms with E-state index in [1.54, 1.807) is 0 Å². The zero-order valence-corrected chi connectivity index (χ0v) is 17.9. The van der Waals surface area contributed by atoms with Gasteiger partial charge in [-0.1, -0.05) is 24.3 Å². The van der Waals surface area contributed by atoms with E-state index in [4.69, 9.17) is 19.3 Å². The zero-order chi connectivity index (χ0) is 21.0. The minimum absolute atomic E-state index is 0.140. The van der Waals surface area contributed by atoms with Crippen molar-refractivity contribution < 1.29 is 24.1 Å². The lowest BCUT2D eigenvalue weighted by atomic mass is 9.99. The number of hydrogen-bond acceptors (Lipinski definition) is 6. The van der Waals surface area contributed by atoms with Crippen molar-refractivity contribution in [3.8, 4) is 5.75 Å². The summed E-state index contributed by atoms with van der Waals surface area (Å²) in [7, 11) is 0. The van der Waals surface area contributed by atoms with Gasteiger partial charge in [0, 0.05) is 30.0 Å². The Morgan fingerprint density at radius 3 is 2.67 bits per heavy atom. The van der Waals surface area contributed by atoms with E-state index < -0.39 is 11.8 Å². The number of carboxylic acids is 1. The number of benzene rings is 2. The second-order valence-electron chi connectivity index (χ2n) is 7.74. The van der Waals surface area contributed by atoms with Gasteiger partial charge in [-0.3, -0.25) is 0 Å². The summed E-state index contributed by atoms with van der Waals surface area (Å²) in [5, 5.41) is 9.14. The van der Waals surface area contributed by atoms with Gasteiger partial charge in [-0.25, -0.2) is 4.79 Å². The van der Waals surface area contributed by atoms with Crippen LogP contribution in [0.25, 0.3) is 0 Å². The van der Waals surface area contributed by atoms with Crippen LogP contribution >= 0.6 is 11.8 Å². The van der Waals surface area contributed by atoms with Gasteiger partial charge in [0.05, 0.1) is 25.4 Å². The number of nitrogens with zero attached hydrogens (tertiary/aromatic N) is 1. The lowest BCUT2D eigenvalue weighted by molar-refractivity contribution is -0.270. The molecule has 0 aliphatic carbocycles. The topological polar surface area (TPSA) is 68.2 Å². The lowest BCUT2D eigenvalue weighted by Gasteiger charge is -2.34. The minimum Gasteiger partial charge on any atom is -0.492 e. The Labute approximate surface area is 181 Å². The summed E-state index contributed by atoms with van der Waals surface area (Å²) >= 11 is 1.91. The molecule has 0 atom stereocenters.